The van der Waals surface area contributed by atoms with Crippen LogP contribution in [0, 0.1) is 0 Å². The van der Waals surface area contributed by atoms with E-state index in [1.165, 1.54) is 30.3 Å². The highest BCUT2D eigenvalue weighted by Crippen LogP contribution is 2.24. The van der Waals surface area contributed by atoms with Crippen LogP contribution in [0.2, 0.25) is 10.0 Å². The third-order valence-electron chi connectivity index (χ3n) is 2.98. The fourth-order valence-electron chi connectivity index (χ4n) is 1.91. The Kier molecular flexibility index (Phi) is 5.51. The van der Waals surface area contributed by atoms with E-state index < -0.39 is 16.0 Å². The minimum Gasteiger partial charge on any atom is -0.481 e. The maximum absolute atomic E-state index is 12.3. The number of nitrogens with one attached hydrogen (secondary N) is 1. The molecule has 2 N–H and O–H groups in total. The second kappa shape index (κ2) is 7.21. The Morgan fingerprint density at radius 2 is 1.61 bits per heavy atom. The number of carboxylic acids is 1. The Labute approximate surface area is 143 Å². The van der Waals surface area contributed by atoms with Crippen LogP contribution in [0.25, 0.3) is 0 Å². The summed E-state index contributed by atoms with van der Waals surface area (Å²) in [5.41, 5.74) is 1.01. The van der Waals surface area contributed by atoms with Crippen LogP contribution in [-0.4, -0.2) is 19.5 Å². The molecule has 8 heteroatoms. The summed E-state index contributed by atoms with van der Waals surface area (Å²) in [5, 5.41) is 9.28. The minimum atomic E-state index is -3.78. The van der Waals surface area contributed by atoms with Crippen molar-refractivity contribution >= 4 is 44.9 Å². The summed E-state index contributed by atoms with van der Waals surface area (Å²) in [6.45, 7) is 0. The molecule has 0 aliphatic rings. The highest BCUT2D eigenvalue weighted by atomic mass is 35.5. The van der Waals surface area contributed by atoms with E-state index >= 15 is 0 Å². The third kappa shape index (κ3) is 5.13. The van der Waals surface area contributed by atoms with Crippen LogP contribution in [0.3, 0.4) is 0 Å². The van der Waals surface area contributed by atoms with Crippen molar-refractivity contribution in [3.63, 3.8) is 0 Å². The molecule has 2 aromatic rings. The number of halogens is 2. The molecule has 0 saturated carbocycles. The van der Waals surface area contributed by atoms with Gasteiger partial charge in [0, 0.05) is 16.5 Å². The molecule has 0 unspecified atom stereocenters. The lowest BCUT2D eigenvalue weighted by Crippen LogP contribution is -2.13. The van der Waals surface area contributed by atoms with Crippen molar-refractivity contribution in [2.24, 2.45) is 0 Å². The summed E-state index contributed by atoms with van der Waals surface area (Å²) in [6, 6.07) is 10.4. The number of carbonyl (C=O) groups is 1. The van der Waals surface area contributed by atoms with Gasteiger partial charge in [0.25, 0.3) is 10.0 Å². The van der Waals surface area contributed by atoms with E-state index in [-0.39, 0.29) is 17.0 Å². The Hall–Kier alpha value is -1.76. The number of carboxylic acid groups (broad SMARTS) is 1. The lowest BCUT2D eigenvalue weighted by atomic mass is 10.1. The number of rotatable bonds is 6. The van der Waals surface area contributed by atoms with E-state index in [9.17, 15) is 13.2 Å². The fraction of sp³-hybridized carbons (Fsp3) is 0.133. The van der Waals surface area contributed by atoms with Crippen LogP contribution in [-0.2, 0) is 21.2 Å². The van der Waals surface area contributed by atoms with E-state index in [0.29, 0.717) is 16.5 Å². The van der Waals surface area contributed by atoms with Gasteiger partial charge in [-0.25, -0.2) is 8.42 Å². The average molecular weight is 374 g/mol. The van der Waals surface area contributed by atoms with Gasteiger partial charge in [-0.15, -0.1) is 0 Å². The van der Waals surface area contributed by atoms with Crippen molar-refractivity contribution in [1.29, 1.82) is 0 Å². The van der Waals surface area contributed by atoms with E-state index in [4.69, 9.17) is 28.3 Å². The number of hydrogen-bond donors (Lipinski definition) is 2. The average Bonchev–Trinajstić information content (AvgIpc) is 2.44. The van der Waals surface area contributed by atoms with E-state index in [2.05, 4.69) is 4.72 Å². The van der Waals surface area contributed by atoms with Gasteiger partial charge in [-0.2, -0.15) is 0 Å². The number of aryl methyl sites for hydroxylation is 1. The predicted octanol–water partition coefficient (Wildman–Crippen LogP) is 3.81. The lowest BCUT2D eigenvalue weighted by molar-refractivity contribution is -0.136. The van der Waals surface area contributed by atoms with Gasteiger partial charge in [0.15, 0.2) is 0 Å². The molecule has 2 rings (SSSR count). The number of aliphatic carboxylic acids is 1. The van der Waals surface area contributed by atoms with Gasteiger partial charge in [-0.1, -0.05) is 35.3 Å². The Morgan fingerprint density at radius 3 is 2.13 bits per heavy atom. The molecule has 0 aliphatic heterocycles. The van der Waals surface area contributed by atoms with Crippen molar-refractivity contribution in [3.8, 4) is 0 Å². The molecule has 122 valence electrons. The highest BCUT2D eigenvalue weighted by molar-refractivity contribution is 7.92. The molecule has 0 fully saturated rings. The summed E-state index contributed by atoms with van der Waals surface area (Å²) in [7, 11) is -3.78. The summed E-state index contributed by atoms with van der Waals surface area (Å²) in [6.07, 6.45) is 0.332. The summed E-state index contributed by atoms with van der Waals surface area (Å²) < 4.78 is 27.0. The van der Waals surface area contributed by atoms with Gasteiger partial charge in [-0.05, 0) is 42.3 Å². The second-order valence-electron chi connectivity index (χ2n) is 4.80. The highest BCUT2D eigenvalue weighted by Gasteiger charge is 2.15. The van der Waals surface area contributed by atoms with Crippen molar-refractivity contribution in [2.75, 3.05) is 4.72 Å². The van der Waals surface area contributed by atoms with Crippen LogP contribution in [0.4, 0.5) is 5.69 Å². The van der Waals surface area contributed by atoms with Gasteiger partial charge < -0.3 is 5.11 Å². The molecule has 0 heterocycles. The number of anilines is 1. The second-order valence-corrected chi connectivity index (χ2v) is 7.36. The first-order valence-electron chi connectivity index (χ1n) is 6.56. The molecule has 5 nitrogen and oxygen atoms in total. The van der Waals surface area contributed by atoms with Gasteiger partial charge in [0.1, 0.15) is 0 Å². The zero-order chi connectivity index (χ0) is 17.0. The quantitative estimate of drug-likeness (QED) is 0.806. The zero-order valence-electron chi connectivity index (χ0n) is 11.8. The molecule has 0 bridgehead atoms. The minimum absolute atomic E-state index is 0.00857. The standard InChI is InChI=1S/C15H13Cl2NO4S/c16-11-7-12(17)9-13(8-11)18-23(21,22)14-4-1-10(2-5-14)3-6-15(19)20/h1-2,4-5,7-9,18H,3,6H2,(H,19,20). The molecule has 0 aromatic heterocycles. The van der Waals surface area contributed by atoms with Crippen LogP contribution < -0.4 is 4.72 Å². The molecule has 0 saturated heterocycles. The van der Waals surface area contributed by atoms with Crippen LogP contribution in [0.1, 0.15) is 12.0 Å². The number of hydrogen-bond acceptors (Lipinski definition) is 3. The fourth-order valence-corrected chi connectivity index (χ4v) is 3.48. The molecule has 2 aromatic carbocycles. The Bertz CT molecular complexity index is 800. The maximum Gasteiger partial charge on any atom is 0.303 e. The van der Waals surface area contributed by atoms with Crippen LogP contribution in [0.15, 0.2) is 47.4 Å². The molecule has 0 atom stereocenters. The molecule has 0 spiro atoms. The third-order valence-corrected chi connectivity index (χ3v) is 4.81. The Morgan fingerprint density at radius 1 is 1.04 bits per heavy atom. The number of sulfonamides is 1. The van der Waals surface area contributed by atoms with Crippen molar-refractivity contribution in [1.82, 2.24) is 0 Å². The zero-order valence-corrected chi connectivity index (χ0v) is 14.1. The van der Waals surface area contributed by atoms with Crippen LogP contribution in [0.5, 0.6) is 0 Å². The summed E-state index contributed by atoms with van der Waals surface area (Å²) in [4.78, 5) is 10.6. The van der Waals surface area contributed by atoms with E-state index in [1.54, 1.807) is 12.1 Å². The van der Waals surface area contributed by atoms with Gasteiger partial charge in [0.05, 0.1) is 10.6 Å². The van der Waals surface area contributed by atoms with E-state index in [1.807, 2.05) is 0 Å². The SMILES string of the molecule is O=C(O)CCc1ccc(S(=O)(=O)Nc2cc(Cl)cc(Cl)c2)cc1. The Balaban J connectivity index is 2.17. The predicted molar refractivity (Wildman–Crippen MR) is 89.7 cm³/mol. The first-order valence-corrected chi connectivity index (χ1v) is 8.80. The smallest absolute Gasteiger partial charge is 0.303 e. The normalized spacial score (nSPS) is 11.2. The summed E-state index contributed by atoms with van der Waals surface area (Å²) in [5.74, 6) is -0.902. The molecular weight excluding hydrogens is 361 g/mol. The monoisotopic (exact) mass is 373 g/mol. The molecule has 0 radical (unpaired) electrons. The molecule has 0 aliphatic carbocycles. The first-order chi connectivity index (χ1) is 10.8. The van der Waals surface area contributed by atoms with Crippen molar-refractivity contribution < 1.29 is 18.3 Å². The van der Waals surface area contributed by atoms with Gasteiger partial charge >= 0.3 is 5.97 Å². The first kappa shape index (κ1) is 17.6. The van der Waals surface area contributed by atoms with Crippen LogP contribution >= 0.6 is 23.2 Å². The number of benzene rings is 2. The maximum atomic E-state index is 12.3. The summed E-state index contributed by atoms with van der Waals surface area (Å²) >= 11 is 11.7. The largest absolute Gasteiger partial charge is 0.481 e. The molecule has 0 amide bonds. The molecular formula is C15H13Cl2NO4S. The van der Waals surface area contributed by atoms with Crippen molar-refractivity contribution in [2.45, 2.75) is 17.7 Å². The van der Waals surface area contributed by atoms with Gasteiger partial charge in [-0.3, -0.25) is 9.52 Å². The van der Waals surface area contributed by atoms with E-state index in [0.717, 1.165) is 5.56 Å². The lowest BCUT2D eigenvalue weighted by Gasteiger charge is -2.09. The van der Waals surface area contributed by atoms with Crippen molar-refractivity contribution in [3.05, 3.63) is 58.1 Å². The topological polar surface area (TPSA) is 83.5 Å². The van der Waals surface area contributed by atoms with Gasteiger partial charge in [0.2, 0.25) is 0 Å². The molecule has 23 heavy (non-hydrogen) atoms.